The number of carboxylic acid groups (broad SMARTS) is 1. The first kappa shape index (κ1) is 15.5. The molecule has 2 N–H and O–H groups in total. The van der Waals surface area contributed by atoms with Crippen LogP contribution in [0, 0.1) is 12.3 Å². The van der Waals surface area contributed by atoms with Gasteiger partial charge in [-0.15, -0.1) is 0 Å². The molecular formula is C16H22N2O3. The smallest absolute Gasteiger partial charge is 0.310 e. The molecule has 1 aromatic carbocycles. The number of benzene rings is 1. The molecule has 0 aromatic heterocycles. The lowest BCUT2D eigenvalue weighted by atomic mass is 9.84. The van der Waals surface area contributed by atoms with Gasteiger partial charge in [0, 0.05) is 12.2 Å². The van der Waals surface area contributed by atoms with E-state index >= 15 is 0 Å². The van der Waals surface area contributed by atoms with Gasteiger partial charge in [-0.1, -0.05) is 24.6 Å². The Kier molecular flexibility index (Phi) is 4.63. The first-order chi connectivity index (χ1) is 9.95. The number of likely N-dealkylation sites (tertiary alicyclic amines) is 1. The van der Waals surface area contributed by atoms with Crippen molar-refractivity contribution in [2.75, 3.05) is 25.0 Å². The van der Waals surface area contributed by atoms with E-state index in [0.717, 1.165) is 11.3 Å². The van der Waals surface area contributed by atoms with Crippen LogP contribution in [0.1, 0.15) is 25.3 Å². The van der Waals surface area contributed by atoms with Crippen LogP contribution in [-0.2, 0) is 9.59 Å². The summed E-state index contributed by atoms with van der Waals surface area (Å²) in [4.78, 5) is 25.3. The summed E-state index contributed by atoms with van der Waals surface area (Å²) >= 11 is 0. The van der Waals surface area contributed by atoms with E-state index in [1.165, 1.54) is 0 Å². The number of rotatable bonds is 5. The van der Waals surface area contributed by atoms with Gasteiger partial charge in [-0.05, 0) is 38.4 Å². The summed E-state index contributed by atoms with van der Waals surface area (Å²) in [5.74, 6) is -0.859. The van der Waals surface area contributed by atoms with Gasteiger partial charge in [0.2, 0.25) is 5.91 Å². The second kappa shape index (κ2) is 6.26. The number of carboxylic acids is 1. The molecule has 5 heteroatoms. The molecule has 21 heavy (non-hydrogen) atoms. The third kappa shape index (κ3) is 3.61. The molecule has 0 spiro atoms. The summed E-state index contributed by atoms with van der Waals surface area (Å²) in [7, 11) is 0. The van der Waals surface area contributed by atoms with E-state index in [4.69, 9.17) is 0 Å². The Morgan fingerprint density at radius 2 is 2.00 bits per heavy atom. The van der Waals surface area contributed by atoms with E-state index in [1.807, 2.05) is 43.0 Å². The third-order valence-electron chi connectivity index (χ3n) is 4.27. The predicted octanol–water partition coefficient (Wildman–Crippen LogP) is 2.12. The SMILES string of the molecule is CCC1(C(=O)O)CCN(CC(=O)Nc2ccc(C)cc2)C1. The number of hydrogen-bond donors (Lipinski definition) is 2. The van der Waals surface area contributed by atoms with Crippen molar-refractivity contribution in [2.45, 2.75) is 26.7 Å². The van der Waals surface area contributed by atoms with Gasteiger partial charge in [0.25, 0.3) is 0 Å². The van der Waals surface area contributed by atoms with Crippen molar-refractivity contribution in [1.29, 1.82) is 0 Å². The van der Waals surface area contributed by atoms with Crippen LogP contribution in [-0.4, -0.2) is 41.5 Å². The Balaban J connectivity index is 1.89. The summed E-state index contributed by atoms with van der Waals surface area (Å²) in [6, 6.07) is 7.62. The highest BCUT2D eigenvalue weighted by atomic mass is 16.4. The van der Waals surface area contributed by atoms with Crippen LogP contribution in [0.5, 0.6) is 0 Å². The quantitative estimate of drug-likeness (QED) is 0.871. The largest absolute Gasteiger partial charge is 0.481 e. The molecule has 1 fully saturated rings. The van der Waals surface area contributed by atoms with Crippen molar-refractivity contribution >= 4 is 17.6 Å². The zero-order valence-electron chi connectivity index (χ0n) is 12.6. The van der Waals surface area contributed by atoms with Crippen molar-refractivity contribution in [2.24, 2.45) is 5.41 Å². The maximum atomic E-state index is 12.0. The van der Waals surface area contributed by atoms with Crippen LogP contribution >= 0.6 is 0 Å². The summed E-state index contributed by atoms with van der Waals surface area (Å²) in [5.41, 5.74) is 1.22. The number of hydrogen-bond acceptors (Lipinski definition) is 3. The third-order valence-corrected chi connectivity index (χ3v) is 4.27. The number of aliphatic carboxylic acids is 1. The molecule has 1 saturated heterocycles. The minimum absolute atomic E-state index is 0.101. The zero-order valence-corrected chi connectivity index (χ0v) is 12.6. The molecule has 0 radical (unpaired) electrons. The Labute approximate surface area is 125 Å². The van der Waals surface area contributed by atoms with Crippen molar-refractivity contribution in [1.82, 2.24) is 4.90 Å². The number of amides is 1. The van der Waals surface area contributed by atoms with Gasteiger partial charge in [0.1, 0.15) is 0 Å². The molecule has 1 heterocycles. The highest BCUT2D eigenvalue weighted by Crippen LogP contribution is 2.33. The molecule has 1 aromatic rings. The second-order valence-corrected chi connectivity index (χ2v) is 5.81. The first-order valence-electron chi connectivity index (χ1n) is 7.27. The molecule has 1 amide bonds. The average Bonchev–Trinajstić information content (AvgIpc) is 2.86. The maximum Gasteiger partial charge on any atom is 0.310 e. The lowest BCUT2D eigenvalue weighted by Gasteiger charge is -2.22. The summed E-state index contributed by atoms with van der Waals surface area (Å²) in [5, 5.41) is 12.2. The topological polar surface area (TPSA) is 69.6 Å². The van der Waals surface area contributed by atoms with E-state index in [0.29, 0.717) is 25.9 Å². The lowest BCUT2D eigenvalue weighted by molar-refractivity contribution is -0.148. The summed E-state index contributed by atoms with van der Waals surface area (Å²) < 4.78 is 0. The van der Waals surface area contributed by atoms with Gasteiger partial charge in [-0.25, -0.2) is 0 Å². The molecule has 114 valence electrons. The fourth-order valence-corrected chi connectivity index (χ4v) is 2.75. The second-order valence-electron chi connectivity index (χ2n) is 5.81. The molecule has 0 saturated carbocycles. The van der Waals surface area contributed by atoms with Crippen molar-refractivity contribution < 1.29 is 14.7 Å². The van der Waals surface area contributed by atoms with Crippen molar-refractivity contribution in [3.8, 4) is 0 Å². The van der Waals surface area contributed by atoms with E-state index in [9.17, 15) is 14.7 Å². The predicted molar refractivity (Wildman–Crippen MR) is 81.2 cm³/mol. The Morgan fingerprint density at radius 1 is 1.33 bits per heavy atom. The van der Waals surface area contributed by atoms with Gasteiger partial charge in [-0.3, -0.25) is 14.5 Å². The van der Waals surface area contributed by atoms with Gasteiger partial charge >= 0.3 is 5.97 Å². The minimum Gasteiger partial charge on any atom is -0.481 e. The Bertz CT molecular complexity index is 527. The van der Waals surface area contributed by atoms with Gasteiger partial charge < -0.3 is 10.4 Å². The summed E-state index contributed by atoms with van der Waals surface area (Å²) in [6.07, 6.45) is 1.20. The standard InChI is InChI=1S/C16H22N2O3/c1-3-16(15(20)21)8-9-18(11-16)10-14(19)17-13-6-4-12(2)5-7-13/h4-7H,3,8-11H2,1-2H3,(H,17,19)(H,20,21). The fraction of sp³-hybridized carbons (Fsp3) is 0.500. The summed E-state index contributed by atoms with van der Waals surface area (Å²) in [6.45, 7) is 5.22. The van der Waals surface area contributed by atoms with Gasteiger partial charge in [0.15, 0.2) is 0 Å². The molecule has 0 aliphatic carbocycles. The monoisotopic (exact) mass is 290 g/mol. The van der Waals surface area contributed by atoms with Gasteiger partial charge in [0.05, 0.1) is 12.0 Å². The van der Waals surface area contributed by atoms with Crippen molar-refractivity contribution in [3.05, 3.63) is 29.8 Å². The number of nitrogens with zero attached hydrogens (tertiary/aromatic N) is 1. The molecule has 1 aliphatic rings. The van der Waals surface area contributed by atoms with Crippen LogP contribution < -0.4 is 5.32 Å². The van der Waals surface area contributed by atoms with E-state index in [1.54, 1.807) is 0 Å². The molecule has 2 rings (SSSR count). The lowest BCUT2D eigenvalue weighted by Crippen LogP contribution is -2.37. The van der Waals surface area contributed by atoms with Crippen LogP contribution in [0.2, 0.25) is 0 Å². The molecule has 1 aliphatic heterocycles. The number of anilines is 1. The Hall–Kier alpha value is -1.88. The molecule has 0 bridgehead atoms. The van der Waals surface area contributed by atoms with E-state index < -0.39 is 11.4 Å². The van der Waals surface area contributed by atoms with E-state index in [2.05, 4.69) is 5.32 Å². The number of nitrogens with one attached hydrogen (secondary N) is 1. The fourth-order valence-electron chi connectivity index (χ4n) is 2.75. The zero-order chi connectivity index (χ0) is 15.5. The van der Waals surface area contributed by atoms with E-state index in [-0.39, 0.29) is 12.5 Å². The number of carbonyl (C=O) groups excluding carboxylic acids is 1. The molecule has 1 unspecified atom stereocenters. The minimum atomic E-state index is -0.758. The average molecular weight is 290 g/mol. The Morgan fingerprint density at radius 3 is 2.52 bits per heavy atom. The van der Waals surface area contributed by atoms with Crippen LogP contribution in [0.4, 0.5) is 5.69 Å². The molecular weight excluding hydrogens is 268 g/mol. The van der Waals surface area contributed by atoms with Crippen LogP contribution in [0.15, 0.2) is 24.3 Å². The molecule has 1 atom stereocenters. The van der Waals surface area contributed by atoms with Crippen LogP contribution in [0.3, 0.4) is 0 Å². The number of carbonyl (C=O) groups is 2. The normalized spacial score (nSPS) is 22.2. The van der Waals surface area contributed by atoms with Crippen molar-refractivity contribution in [3.63, 3.8) is 0 Å². The molecule has 5 nitrogen and oxygen atoms in total. The van der Waals surface area contributed by atoms with Gasteiger partial charge in [-0.2, -0.15) is 0 Å². The first-order valence-corrected chi connectivity index (χ1v) is 7.27. The highest BCUT2D eigenvalue weighted by molar-refractivity contribution is 5.92. The number of aryl methyl sites for hydroxylation is 1. The van der Waals surface area contributed by atoms with Crippen LogP contribution in [0.25, 0.3) is 0 Å². The highest BCUT2D eigenvalue weighted by Gasteiger charge is 2.43. The maximum absolute atomic E-state index is 12.0.